The molecular weight excluding hydrogens is 303 g/mol. The standard InChI is InChI=1S/C14H14F3NO2S/c1-3-20-13(19)11-8(2)18-12(21-11)9-4-6-10(7-5-9)14(15,16)17/h4-8,11H,3H2,1-2H3. The van der Waals surface area contributed by atoms with Gasteiger partial charge in [-0.1, -0.05) is 23.9 Å². The van der Waals surface area contributed by atoms with Crippen molar-refractivity contribution >= 4 is 22.8 Å². The first-order chi connectivity index (χ1) is 9.82. The first-order valence-electron chi connectivity index (χ1n) is 6.41. The number of esters is 1. The van der Waals surface area contributed by atoms with Gasteiger partial charge in [-0.2, -0.15) is 13.2 Å². The number of ether oxygens (including phenoxy) is 1. The summed E-state index contributed by atoms with van der Waals surface area (Å²) in [5.74, 6) is -0.347. The summed E-state index contributed by atoms with van der Waals surface area (Å²) in [5.41, 5.74) is -0.128. The summed E-state index contributed by atoms with van der Waals surface area (Å²) < 4.78 is 42.5. The third-order valence-electron chi connectivity index (χ3n) is 2.98. The third kappa shape index (κ3) is 3.58. The van der Waals surface area contributed by atoms with E-state index in [-0.39, 0.29) is 18.6 Å². The van der Waals surface area contributed by atoms with Crippen LogP contribution in [0.2, 0.25) is 0 Å². The highest BCUT2D eigenvalue weighted by Gasteiger charge is 2.35. The quantitative estimate of drug-likeness (QED) is 0.801. The number of carbonyl (C=O) groups excluding carboxylic acids is 1. The van der Waals surface area contributed by atoms with Gasteiger partial charge in [-0.15, -0.1) is 0 Å². The summed E-state index contributed by atoms with van der Waals surface area (Å²) in [6.07, 6.45) is -4.36. The van der Waals surface area contributed by atoms with Gasteiger partial charge in [0.2, 0.25) is 0 Å². The number of nitrogens with zero attached hydrogens (tertiary/aromatic N) is 1. The molecule has 2 unspecified atom stereocenters. The van der Waals surface area contributed by atoms with Gasteiger partial charge in [0.1, 0.15) is 5.25 Å². The van der Waals surface area contributed by atoms with Crippen molar-refractivity contribution in [3.63, 3.8) is 0 Å². The maximum absolute atomic E-state index is 12.5. The lowest BCUT2D eigenvalue weighted by Crippen LogP contribution is -2.26. The van der Waals surface area contributed by atoms with Crippen molar-refractivity contribution < 1.29 is 22.7 Å². The number of hydrogen-bond donors (Lipinski definition) is 0. The second kappa shape index (κ2) is 6.09. The molecule has 0 aliphatic carbocycles. The number of aliphatic imine (C=N–C) groups is 1. The van der Waals surface area contributed by atoms with Crippen LogP contribution in [-0.2, 0) is 15.7 Å². The zero-order chi connectivity index (χ0) is 15.6. The van der Waals surface area contributed by atoms with Crippen LogP contribution in [0.5, 0.6) is 0 Å². The summed E-state index contributed by atoms with van der Waals surface area (Å²) >= 11 is 1.23. The molecular formula is C14H14F3NO2S. The molecule has 0 saturated heterocycles. The van der Waals surface area contributed by atoms with Crippen LogP contribution in [0.1, 0.15) is 25.0 Å². The Morgan fingerprint density at radius 3 is 2.48 bits per heavy atom. The molecule has 1 heterocycles. The number of rotatable bonds is 3. The fourth-order valence-electron chi connectivity index (χ4n) is 1.92. The number of halogens is 3. The zero-order valence-electron chi connectivity index (χ0n) is 11.5. The molecule has 3 nitrogen and oxygen atoms in total. The van der Waals surface area contributed by atoms with Gasteiger partial charge in [0.25, 0.3) is 0 Å². The Labute approximate surface area is 124 Å². The number of carbonyl (C=O) groups is 1. The van der Waals surface area contributed by atoms with Crippen LogP contribution in [0.15, 0.2) is 29.3 Å². The normalized spacial score (nSPS) is 22.0. The van der Waals surface area contributed by atoms with E-state index in [9.17, 15) is 18.0 Å². The van der Waals surface area contributed by atoms with E-state index >= 15 is 0 Å². The molecule has 0 fully saturated rings. The van der Waals surface area contributed by atoms with E-state index in [1.807, 2.05) is 0 Å². The monoisotopic (exact) mass is 317 g/mol. The molecule has 1 aliphatic rings. The average molecular weight is 317 g/mol. The molecule has 0 aromatic heterocycles. The van der Waals surface area contributed by atoms with E-state index in [0.717, 1.165) is 12.1 Å². The van der Waals surface area contributed by atoms with Crippen LogP contribution in [0.25, 0.3) is 0 Å². The molecule has 0 amide bonds. The van der Waals surface area contributed by atoms with Crippen LogP contribution < -0.4 is 0 Å². The minimum absolute atomic E-state index is 0.258. The van der Waals surface area contributed by atoms with E-state index in [1.54, 1.807) is 13.8 Å². The van der Waals surface area contributed by atoms with Crippen LogP contribution in [0.4, 0.5) is 13.2 Å². The van der Waals surface area contributed by atoms with Crippen LogP contribution >= 0.6 is 11.8 Å². The Kier molecular flexibility index (Phi) is 4.61. The smallest absolute Gasteiger partial charge is 0.416 e. The summed E-state index contributed by atoms with van der Waals surface area (Å²) in [5, 5.41) is 0.122. The minimum Gasteiger partial charge on any atom is -0.465 e. The molecule has 1 aromatic carbocycles. The van der Waals surface area contributed by atoms with Crippen molar-refractivity contribution in [3.8, 4) is 0 Å². The van der Waals surface area contributed by atoms with Crippen molar-refractivity contribution in [3.05, 3.63) is 35.4 Å². The molecule has 1 aromatic rings. The molecule has 2 rings (SSSR count). The minimum atomic E-state index is -4.36. The first-order valence-corrected chi connectivity index (χ1v) is 7.29. The zero-order valence-corrected chi connectivity index (χ0v) is 12.3. The van der Waals surface area contributed by atoms with Crippen molar-refractivity contribution in [2.24, 2.45) is 4.99 Å². The third-order valence-corrected chi connectivity index (χ3v) is 4.38. The highest BCUT2D eigenvalue weighted by Crippen LogP contribution is 2.33. The van der Waals surface area contributed by atoms with Gasteiger partial charge in [0.05, 0.1) is 23.3 Å². The topological polar surface area (TPSA) is 38.7 Å². The van der Waals surface area contributed by atoms with E-state index in [1.165, 1.54) is 23.9 Å². The SMILES string of the molecule is CCOC(=O)C1SC(c2ccc(C(F)(F)F)cc2)=NC1C. The van der Waals surface area contributed by atoms with Crippen molar-refractivity contribution in [2.45, 2.75) is 31.3 Å². The van der Waals surface area contributed by atoms with E-state index in [4.69, 9.17) is 4.74 Å². The van der Waals surface area contributed by atoms with Crippen molar-refractivity contribution in [1.29, 1.82) is 0 Å². The second-order valence-corrected chi connectivity index (χ2v) is 5.67. The van der Waals surface area contributed by atoms with E-state index in [0.29, 0.717) is 10.6 Å². The molecule has 0 radical (unpaired) electrons. The molecule has 21 heavy (non-hydrogen) atoms. The predicted octanol–water partition coefficient (Wildman–Crippen LogP) is 3.52. The lowest BCUT2D eigenvalue weighted by Gasteiger charge is -2.11. The van der Waals surface area contributed by atoms with Gasteiger partial charge in [0, 0.05) is 5.56 Å². The maximum atomic E-state index is 12.5. The lowest BCUT2D eigenvalue weighted by molar-refractivity contribution is -0.142. The number of hydrogen-bond acceptors (Lipinski definition) is 4. The average Bonchev–Trinajstić information content (AvgIpc) is 2.80. The fourth-order valence-corrected chi connectivity index (χ4v) is 3.08. The summed E-state index contributed by atoms with van der Waals surface area (Å²) in [4.78, 5) is 16.1. The van der Waals surface area contributed by atoms with Crippen molar-refractivity contribution in [2.75, 3.05) is 6.61 Å². The highest BCUT2D eigenvalue weighted by atomic mass is 32.2. The highest BCUT2D eigenvalue weighted by molar-refractivity contribution is 8.15. The van der Waals surface area contributed by atoms with Crippen molar-refractivity contribution in [1.82, 2.24) is 0 Å². The van der Waals surface area contributed by atoms with Gasteiger partial charge < -0.3 is 4.74 Å². The summed E-state index contributed by atoms with van der Waals surface area (Å²) in [6.45, 7) is 3.80. The van der Waals surface area contributed by atoms with Gasteiger partial charge >= 0.3 is 12.1 Å². The van der Waals surface area contributed by atoms with E-state index in [2.05, 4.69) is 4.99 Å². The Balaban J connectivity index is 2.13. The number of benzene rings is 1. The first kappa shape index (κ1) is 15.9. The van der Waals surface area contributed by atoms with Crippen LogP contribution in [0, 0.1) is 0 Å². The number of thioether (sulfide) groups is 1. The molecule has 7 heteroatoms. The predicted molar refractivity (Wildman–Crippen MR) is 75.5 cm³/mol. The molecule has 0 spiro atoms. The van der Waals surface area contributed by atoms with E-state index < -0.39 is 17.0 Å². The Hall–Kier alpha value is -1.50. The maximum Gasteiger partial charge on any atom is 0.416 e. The second-order valence-electron chi connectivity index (χ2n) is 4.54. The van der Waals surface area contributed by atoms with Crippen LogP contribution in [0.3, 0.4) is 0 Å². The van der Waals surface area contributed by atoms with Gasteiger partial charge in [0.15, 0.2) is 0 Å². The Morgan fingerprint density at radius 1 is 1.33 bits per heavy atom. The summed E-state index contributed by atoms with van der Waals surface area (Å²) in [6, 6.07) is 4.51. The van der Waals surface area contributed by atoms with Crippen LogP contribution in [-0.4, -0.2) is 28.9 Å². The molecule has 1 aliphatic heterocycles. The lowest BCUT2D eigenvalue weighted by atomic mass is 10.1. The van der Waals surface area contributed by atoms with Gasteiger partial charge in [-0.3, -0.25) is 9.79 Å². The van der Waals surface area contributed by atoms with Gasteiger partial charge in [-0.05, 0) is 26.0 Å². The molecule has 0 bridgehead atoms. The molecule has 0 N–H and O–H groups in total. The Bertz CT molecular complexity index is 554. The number of alkyl halides is 3. The Morgan fingerprint density at radius 2 is 1.95 bits per heavy atom. The molecule has 114 valence electrons. The molecule has 2 atom stereocenters. The van der Waals surface area contributed by atoms with Gasteiger partial charge in [-0.25, -0.2) is 0 Å². The molecule has 0 saturated carbocycles. The summed E-state index contributed by atoms with van der Waals surface area (Å²) in [7, 11) is 0. The largest absolute Gasteiger partial charge is 0.465 e. The fraction of sp³-hybridized carbons (Fsp3) is 0.429.